The molecule has 9 heteroatoms. The lowest BCUT2D eigenvalue weighted by atomic mass is 10.2. The van der Waals surface area contributed by atoms with Crippen molar-refractivity contribution in [3.8, 4) is 11.6 Å². The summed E-state index contributed by atoms with van der Waals surface area (Å²) in [6.07, 6.45) is -4.52. The Hall–Kier alpha value is -1.05. The molecule has 1 aromatic heterocycles. The van der Waals surface area contributed by atoms with Gasteiger partial charge in [-0.3, -0.25) is 0 Å². The van der Waals surface area contributed by atoms with Gasteiger partial charge in [0.15, 0.2) is 0 Å². The van der Waals surface area contributed by atoms with E-state index < -0.39 is 11.7 Å². The highest BCUT2D eigenvalue weighted by Crippen LogP contribution is 2.42. The molecule has 0 saturated heterocycles. The molecule has 0 saturated carbocycles. The van der Waals surface area contributed by atoms with Crippen LogP contribution in [0.15, 0.2) is 12.1 Å². The summed E-state index contributed by atoms with van der Waals surface area (Å²) in [5.74, 6) is 1.90. The van der Waals surface area contributed by atoms with Gasteiger partial charge in [0, 0.05) is 17.1 Å². The molecular weight excluding hydrogens is 360 g/mol. The molecule has 2 aromatic rings. The van der Waals surface area contributed by atoms with Crippen LogP contribution in [0.2, 0.25) is 10.0 Å². The Morgan fingerprint density at radius 3 is 2.41 bits per heavy atom. The van der Waals surface area contributed by atoms with E-state index in [2.05, 4.69) is 5.10 Å². The van der Waals surface area contributed by atoms with Gasteiger partial charge >= 0.3 is 6.18 Å². The van der Waals surface area contributed by atoms with Gasteiger partial charge in [0.25, 0.3) is 0 Å². The molecule has 0 spiro atoms. The highest BCUT2D eigenvalue weighted by molar-refractivity contribution is 7.98. The molecule has 0 aliphatic carbocycles. The molecule has 3 rings (SSSR count). The summed E-state index contributed by atoms with van der Waals surface area (Å²) in [5.41, 5.74) is 1.03. The SMILES string of the molecule is COc1c2c(nn1-c1c(Cl)cc(C(F)(F)F)cc1Cl)CSC2. The molecule has 0 bridgehead atoms. The largest absolute Gasteiger partial charge is 0.481 e. The fourth-order valence-electron chi connectivity index (χ4n) is 2.28. The van der Waals surface area contributed by atoms with Crippen LogP contribution in [0.25, 0.3) is 5.69 Å². The molecule has 1 aliphatic rings. The zero-order valence-electron chi connectivity index (χ0n) is 11.2. The van der Waals surface area contributed by atoms with Crippen molar-refractivity contribution in [1.29, 1.82) is 0 Å². The second kappa shape index (κ2) is 5.54. The summed E-state index contributed by atoms with van der Waals surface area (Å²) < 4.78 is 45.1. The van der Waals surface area contributed by atoms with Gasteiger partial charge < -0.3 is 4.74 Å². The van der Waals surface area contributed by atoms with Gasteiger partial charge in [-0.15, -0.1) is 0 Å². The van der Waals surface area contributed by atoms with Crippen molar-refractivity contribution in [2.75, 3.05) is 7.11 Å². The Morgan fingerprint density at radius 2 is 1.86 bits per heavy atom. The van der Waals surface area contributed by atoms with Crippen LogP contribution in [0.3, 0.4) is 0 Å². The number of fused-ring (bicyclic) bond motifs is 1. The fourth-order valence-corrected chi connectivity index (χ4v) is 3.95. The average molecular weight is 369 g/mol. The van der Waals surface area contributed by atoms with Crippen LogP contribution in [0.5, 0.6) is 5.88 Å². The second-order valence-corrected chi connectivity index (χ2v) is 6.43. The standard InChI is InChI=1S/C13H9Cl2F3N2OS/c1-21-12-7-4-22-5-10(7)19-20(12)11-8(14)2-6(3-9(11)15)13(16,17)18/h2-3H,4-5H2,1H3. The highest BCUT2D eigenvalue weighted by Gasteiger charge is 2.33. The number of alkyl halides is 3. The summed E-state index contributed by atoms with van der Waals surface area (Å²) in [6.45, 7) is 0. The summed E-state index contributed by atoms with van der Waals surface area (Å²) in [5, 5.41) is 4.10. The number of hydrogen-bond acceptors (Lipinski definition) is 3. The third-order valence-electron chi connectivity index (χ3n) is 3.25. The minimum Gasteiger partial charge on any atom is -0.481 e. The maximum Gasteiger partial charge on any atom is 0.416 e. The molecule has 118 valence electrons. The first-order valence-electron chi connectivity index (χ1n) is 6.12. The first-order chi connectivity index (χ1) is 10.3. The van der Waals surface area contributed by atoms with E-state index in [9.17, 15) is 13.2 Å². The highest BCUT2D eigenvalue weighted by atomic mass is 35.5. The minimum absolute atomic E-state index is 0.132. The number of aromatic nitrogens is 2. The zero-order chi connectivity index (χ0) is 16.1. The first kappa shape index (κ1) is 15.8. The Labute approximate surface area is 138 Å². The van der Waals surface area contributed by atoms with Crippen LogP contribution in [0.4, 0.5) is 13.2 Å². The van der Waals surface area contributed by atoms with E-state index in [1.807, 2.05) is 0 Å². The smallest absolute Gasteiger partial charge is 0.416 e. The third kappa shape index (κ3) is 2.55. The molecule has 2 heterocycles. The fraction of sp³-hybridized carbons (Fsp3) is 0.308. The molecule has 0 amide bonds. The van der Waals surface area contributed by atoms with Crippen molar-refractivity contribution >= 4 is 35.0 Å². The molecule has 3 nitrogen and oxygen atoms in total. The zero-order valence-corrected chi connectivity index (χ0v) is 13.5. The lowest BCUT2D eigenvalue weighted by molar-refractivity contribution is -0.137. The van der Waals surface area contributed by atoms with Gasteiger partial charge in [0.2, 0.25) is 5.88 Å². The number of benzene rings is 1. The van der Waals surface area contributed by atoms with Crippen molar-refractivity contribution < 1.29 is 17.9 Å². The number of methoxy groups -OCH3 is 1. The van der Waals surface area contributed by atoms with Crippen LogP contribution in [-0.4, -0.2) is 16.9 Å². The van der Waals surface area contributed by atoms with E-state index in [1.165, 1.54) is 11.8 Å². The Balaban J connectivity index is 2.18. The minimum atomic E-state index is -4.52. The molecule has 0 N–H and O–H groups in total. The van der Waals surface area contributed by atoms with E-state index >= 15 is 0 Å². The van der Waals surface area contributed by atoms with E-state index in [0.717, 1.165) is 29.1 Å². The quantitative estimate of drug-likeness (QED) is 0.749. The topological polar surface area (TPSA) is 27.1 Å². The molecule has 0 fully saturated rings. The van der Waals surface area contributed by atoms with Crippen molar-refractivity contribution in [1.82, 2.24) is 9.78 Å². The van der Waals surface area contributed by atoms with Crippen LogP contribution in [0.1, 0.15) is 16.8 Å². The van der Waals surface area contributed by atoms with E-state index in [4.69, 9.17) is 27.9 Å². The Kier molecular flexibility index (Phi) is 3.99. The van der Waals surface area contributed by atoms with Crippen molar-refractivity contribution in [2.45, 2.75) is 17.7 Å². The van der Waals surface area contributed by atoms with E-state index in [0.29, 0.717) is 11.6 Å². The predicted molar refractivity (Wildman–Crippen MR) is 80.1 cm³/mol. The number of halogens is 5. The molecule has 0 unspecified atom stereocenters. The normalized spacial score (nSPS) is 14.3. The van der Waals surface area contributed by atoms with Crippen molar-refractivity contribution in [2.24, 2.45) is 0 Å². The summed E-state index contributed by atoms with van der Waals surface area (Å²) in [4.78, 5) is 0. The Bertz CT molecular complexity index is 723. The van der Waals surface area contributed by atoms with Crippen LogP contribution in [-0.2, 0) is 17.7 Å². The molecular formula is C13H9Cl2F3N2OS. The number of thioether (sulfide) groups is 1. The summed E-state index contributed by atoms with van der Waals surface area (Å²) in [6, 6.07) is 1.67. The van der Waals surface area contributed by atoms with E-state index in [-0.39, 0.29) is 15.7 Å². The van der Waals surface area contributed by atoms with Crippen LogP contribution in [0, 0.1) is 0 Å². The maximum absolute atomic E-state index is 12.8. The Morgan fingerprint density at radius 1 is 1.23 bits per heavy atom. The first-order valence-corrected chi connectivity index (χ1v) is 8.03. The maximum atomic E-state index is 12.8. The van der Waals surface area contributed by atoms with Gasteiger partial charge in [-0.2, -0.15) is 34.7 Å². The third-order valence-corrected chi connectivity index (χ3v) is 4.80. The molecule has 0 atom stereocenters. The van der Waals surface area contributed by atoms with Crippen molar-refractivity contribution in [3.05, 3.63) is 39.0 Å². The number of ether oxygens (including phenoxy) is 1. The molecule has 22 heavy (non-hydrogen) atoms. The van der Waals surface area contributed by atoms with Crippen molar-refractivity contribution in [3.63, 3.8) is 0 Å². The van der Waals surface area contributed by atoms with Crippen LogP contribution >= 0.6 is 35.0 Å². The second-order valence-electron chi connectivity index (χ2n) is 4.63. The average Bonchev–Trinajstić information content (AvgIpc) is 2.97. The van der Waals surface area contributed by atoms with Gasteiger partial charge in [-0.05, 0) is 12.1 Å². The summed E-state index contributed by atoms with van der Waals surface area (Å²) in [7, 11) is 1.47. The van der Waals surface area contributed by atoms with Gasteiger partial charge in [-0.25, -0.2) is 0 Å². The lowest BCUT2D eigenvalue weighted by Crippen LogP contribution is -2.08. The lowest BCUT2D eigenvalue weighted by Gasteiger charge is -2.14. The molecule has 0 radical (unpaired) electrons. The predicted octanol–water partition coefficient (Wildman–Crippen LogP) is 4.95. The monoisotopic (exact) mass is 368 g/mol. The van der Waals surface area contributed by atoms with Crippen LogP contribution < -0.4 is 4.74 Å². The van der Waals surface area contributed by atoms with Gasteiger partial charge in [0.1, 0.15) is 5.69 Å². The summed E-state index contributed by atoms with van der Waals surface area (Å²) >= 11 is 13.7. The molecule has 1 aromatic carbocycles. The number of nitrogens with zero attached hydrogens (tertiary/aromatic N) is 2. The number of hydrogen-bond donors (Lipinski definition) is 0. The molecule has 1 aliphatic heterocycles. The number of rotatable bonds is 2. The van der Waals surface area contributed by atoms with Gasteiger partial charge in [-0.1, -0.05) is 23.2 Å². The van der Waals surface area contributed by atoms with E-state index in [1.54, 1.807) is 11.8 Å². The van der Waals surface area contributed by atoms with Gasteiger partial charge in [0.05, 0.1) is 28.4 Å².